The van der Waals surface area contributed by atoms with Gasteiger partial charge in [-0.1, -0.05) is 36.7 Å². The van der Waals surface area contributed by atoms with Crippen LogP contribution in [0.1, 0.15) is 52.9 Å². The fourth-order valence-corrected chi connectivity index (χ4v) is 4.18. The van der Waals surface area contributed by atoms with Gasteiger partial charge in [-0.05, 0) is 36.5 Å². The summed E-state index contributed by atoms with van der Waals surface area (Å²) in [7, 11) is 1.54. The number of ether oxygens (including phenoxy) is 1. The fraction of sp³-hybridized carbons (Fsp3) is 0.474. The van der Waals surface area contributed by atoms with Gasteiger partial charge in [-0.15, -0.1) is 0 Å². The van der Waals surface area contributed by atoms with Crippen LogP contribution in [0, 0.1) is 5.92 Å². The molecule has 1 fully saturated rings. The number of methoxy groups -OCH3 is 1. The van der Waals surface area contributed by atoms with E-state index in [1.807, 2.05) is 6.07 Å². The second-order valence-electron chi connectivity index (χ2n) is 6.71. The van der Waals surface area contributed by atoms with Crippen molar-refractivity contribution in [2.45, 2.75) is 38.5 Å². The molecule has 1 aromatic heterocycles. The third-order valence-electron chi connectivity index (χ3n) is 4.85. The van der Waals surface area contributed by atoms with E-state index >= 15 is 0 Å². The molecule has 7 heteroatoms. The Morgan fingerprint density at radius 2 is 2.12 bits per heavy atom. The van der Waals surface area contributed by atoms with Crippen molar-refractivity contribution in [2.24, 2.45) is 5.92 Å². The molecule has 1 amide bonds. The normalized spacial score (nSPS) is 15.0. The molecule has 2 aromatic rings. The predicted octanol–water partition coefficient (Wildman–Crippen LogP) is 3.05. The Morgan fingerprint density at radius 3 is 2.77 bits per heavy atom. The smallest absolute Gasteiger partial charge is 0.307 e. The first-order valence-corrected chi connectivity index (χ1v) is 9.74. The minimum Gasteiger partial charge on any atom is -0.496 e. The number of hydrogen-bond acceptors (Lipinski definition) is 5. The zero-order chi connectivity index (χ0) is 18.5. The van der Waals surface area contributed by atoms with Crippen LogP contribution in [0.3, 0.4) is 0 Å². The number of aromatic amines is 1. The number of benzene rings is 1. The summed E-state index contributed by atoms with van der Waals surface area (Å²) >= 11 is 0.970. The van der Waals surface area contributed by atoms with Crippen LogP contribution in [0.15, 0.2) is 23.0 Å². The molecule has 26 heavy (non-hydrogen) atoms. The molecule has 0 aliphatic heterocycles. The van der Waals surface area contributed by atoms with Crippen molar-refractivity contribution in [1.82, 2.24) is 10.3 Å². The van der Waals surface area contributed by atoms with Gasteiger partial charge in [0.15, 0.2) is 0 Å². The number of thiazole rings is 1. The van der Waals surface area contributed by atoms with Crippen molar-refractivity contribution in [3.05, 3.63) is 43.9 Å². The molecule has 1 aromatic carbocycles. The second-order valence-corrected chi connectivity index (χ2v) is 7.78. The summed E-state index contributed by atoms with van der Waals surface area (Å²) in [5, 5.41) is 12.8. The van der Waals surface area contributed by atoms with Gasteiger partial charge in [0.25, 0.3) is 5.91 Å². The standard InChI is InChI=1S/C19H24N2O4S/c1-25-15-8-7-13(10-16-18(23)21-19(24)26-16)9-14(15)17(22)20-11-12-5-3-2-4-6-12/h7-9,12,23H,2-6,10-11H2,1H3,(H,20,22)(H,21,24). The van der Waals surface area contributed by atoms with Gasteiger partial charge in [-0.2, -0.15) is 0 Å². The summed E-state index contributed by atoms with van der Waals surface area (Å²) in [6.45, 7) is 0.687. The molecule has 0 saturated heterocycles. The van der Waals surface area contributed by atoms with Crippen LogP contribution >= 0.6 is 11.3 Å². The van der Waals surface area contributed by atoms with Crippen molar-refractivity contribution in [3.8, 4) is 11.6 Å². The van der Waals surface area contributed by atoms with Crippen molar-refractivity contribution in [1.29, 1.82) is 0 Å². The first-order chi connectivity index (χ1) is 12.6. The zero-order valence-electron chi connectivity index (χ0n) is 14.8. The maximum absolute atomic E-state index is 12.6. The average molecular weight is 376 g/mol. The van der Waals surface area contributed by atoms with Gasteiger partial charge in [0, 0.05) is 13.0 Å². The van der Waals surface area contributed by atoms with E-state index in [-0.39, 0.29) is 16.7 Å². The molecule has 6 nitrogen and oxygen atoms in total. The summed E-state index contributed by atoms with van der Waals surface area (Å²) in [5.74, 6) is 0.803. The molecule has 0 spiro atoms. The summed E-state index contributed by atoms with van der Waals surface area (Å²) < 4.78 is 5.33. The van der Waals surface area contributed by atoms with Crippen LogP contribution < -0.4 is 14.9 Å². The molecule has 0 bridgehead atoms. The molecule has 3 N–H and O–H groups in total. The zero-order valence-corrected chi connectivity index (χ0v) is 15.7. The molecule has 0 unspecified atom stereocenters. The summed E-state index contributed by atoms with van der Waals surface area (Å²) in [6, 6.07) is 5.34. The Bertz CT molecular complexity index is 821. The van der Waals surface area contributed by atoms with Crippen LogP contribution in [0.4, 0.5) is 0 Å². The van der Waals surface area contributed by atoms with Gasteiger partial charge in [0.05, 0.1) is 17.6 Å². The van der Waals surface area contributed by atoms with Crippen molar-refractivity contribution in [2.75, 3.05) is 13.7 Å². The van der Waals surface area contributed by atoms with Crippen molar-refractivity contribution < 1.29 is 14.6 Å². The Morgan fingerprint density at radius 1 is 1.35 bits per heavy atom. The minimum atomic E-state index is -0.295. The Balaban J connectivity index is 1.73. The van der Waals surface area contributed by atoms with Gasteiger partial charge >= 0.3 is 4.87 Å². The minimum absolute atomic E-state index is 0.112. The number of carbonyl (C=O) groups excluding carboxylic acids is 1. The second kappa shape index (κ2) is 8.40. The molecule has 0 radical (unpaired) electrons. The summed E-state index contributed by atoms with van der Waals surface area (Å²) in [4.78, 5) is 26.6. The number of rotatable bonds is 6. The largest absolute Gasteiger partial charge is 0.496 e. The van der Waals surface area contributed by atoms with E-state index in [9.17, 15) is 14.7 Å². The quantitative estimate of drug-likeness (QED) is 0.723. The molecule has 1 aliphatic rings. The topological polar surface area (TPSA) is 91.4 Å². The molecule has 3 rings (SSSR count). The lowest BCUT2D eigenvalue weighted by Gasteiger charge is -2.22. The molecular formula is C19H24N2O4S. The summed E-state index contributed by atoms with van der Waals surface area (Å²) in [6.07, 6.45) is 6.48. The van der Waals surface area contributed by atoms with Crippen LogP contribution in [-0.2, 0) is 6.42 Å². The van der Waals surface area contributed by atoms with E-state index < -0.39 is 0 Å². The maximum atomic E-state index is 12.6. The van der Waals surface area contributed by atoms with Crippen molar-refractivity contribution >= 4 is 17.2 Å². The SMILES string of the molecule is COc1ccc(Cc2sc(=O)[nH]c2O)cc1C(=O)NCC1CCCCC1. The number of hydrogen-bond donors (Lipinski definition) is 3. The van der Waals surface area contributed by atoms with Crippen LogP contribution in [0.2, 0.25) is 0 Å². The number of aromatic hydroxyl groups is 1. The van der Waals surface area contributed by atoms with Gasteiger partial charge in [-0.3, -0.25) is 14.6 Å². The van der Waals surface area contributed by atoms with Gasteiger partial charge in [-0.25, -0.2) is 0 Å². The van der Waals surface area contributed by atoms with E-state index in [1.165, 1.54) is 39.2 Å². The first-order valence-electron chi connectivity index (χ1n) is 8.93. The Kier molecular flexibility index (Phi) is 5.98. The molecule has 1 heterocycles. The highest BCUT2D eigenvalue weighted by Crippen LogP contribution is 2.26. The monoisotopic (exact) mass is 376 g/mol. The van der Waals surface area contributed by atoms with E-state index in [1.54, 1.807) is 12.1 Å². The highest BCUT2D eigenvalue weighted by atomic mass is 32.1. The van der Waals surface area contributed by atoms with Crippen molar-refractivity contribution in [3.63, 3.8) is 0 Å². The van der Waals surface area contributed by atoms with Gasteiger partial charge in [0.2, 0.25) is 5.88 Å². The molecule has 0 atom stereocenters. The van der Waals surface area contributed by atoms with Crippen LogP contribution in [0.5, 0.6) is 11.6 Å². The Hall–Kier alpha value is -2.28. The highest BCUT2D eigenvalue weighted by molar-refractivity contribution is 7.09. The number of aromatic nitrogens is 1. The molecule has 1 aliphatic carbocycles. The van der Waals surface area contributed by atoms with E-state index in [4.69, 9.17) is 4.74 Å². The number of H-pyrrole nitrogens is 1. The lowest BCUT2D eigenvalue weighted by Crippen LogP contribution is -2.30. The fourth-order valence-electron chi connectivity index (χ4n) is 3.42. The Labute approximate surface area is 156 Å². The van der Waals surface area contributed by atoms with Crippen LogP contribution in [0.25, 0.3) is 0 Å². The molecular weight excluding hydrogens is 352 g/mol. The van der Waals surface area contributed by atoms with E-state index in [2.05, 4.69) is 10.3 Å². The van der Waals surface area contributed by atoms with Gasteiger partial charge < -0.3 is 15.2 Å². The highest BCUT2D eigenvalue weighted by Gasteiger charge is 2.18. The molecule has 1 saturated carbocycles. The van der Waals surface area contributed by atoms with E-state index in [0.29, 0.717) is 35.1 Å². The summed E-state index contributed by atoms with van der Waals surface area (Å²) in [5.41, 5.74) is 1.31. The maximum Gasteiger partial charge on any atom is 0.307 e. The van der Waals surface area contributed by atoms with Gasteiger partial charge in [0.1, 0.15) is 5.75 Å². The third-order valence-corrected chi connectivity index (χ3v) is 5.72. The molecule has 140 valence electrons. The van der Waals surface area contributed by atoms with Crippen LogP contribution in [-0.4, -0.2) is 29.7 Å². The third kappa shape index (κ3) is 4.46. The predicted molar refractivity (Wildman–Crippen MR) is 101 cm³/mol. The number of amides is 1. The first kappa shape index (κ1) is 18.5. The number of carbonyl (C=O) groups is 1. The van der Waals surface area contributed by atoms with E-state index in [0.717, 1.165) is 16.9 Å². The lowest BCUT2D eigenvalue weighted by molar-refractivity contribution is 0.0940. The number of nitrogens with one attached hydrogen (secondary N) is 2. The average Bonchev–Trinajstić information content (AvgIpc) is 2.97. The lowest BCUT2D eigenvalue weighted by atomic mass is 9.89.